The monoisotopic (exact) mass is 659 g/mol. The Morgan fingerprint density at radius 3 is 2.62 bits per heavy atom. The molecule has 6 aromatic rings. The highest BCUT2D eigenvalue weighted by atomic mass is 32.2. The van der Waals surface area contributed by atoms with Crippen LogP contribution in [0, 0.1) is 6.92 Å². The minimum atomic E-state index is -0.306. The molecule has 12 nitrogen and oxygen atoms in total. The maximum absolute atomic E-state index is 13.3. The number of anilines is 1. The zero-order chi connectivity index (χ0) is 32.9. The van der Waals surface area contributed by atoms with Crippen LogP contribution in [0.15, 0.2) is 112 Å². The topological polar surface area (TPSA) is 146 Å². The first-order chi connectivity index (χ1) is 23.5. The second-order valence-electron chi connectivity index (χ2n) is 10.8. The van der Waals surface area contributed by atoms with Crippen LogP contribution in [-0.4, -0.2) is 50.0 Å². The highest BCUT2D eigenvalue weighted by molar-refractivity contribution is 7.99. The lowest BCUT2D eigenvalue weighted by Gasteiger charge is -2.18. The molecule has 0 spiro atoms. The molecule has 0 unspecified atom stereocenters. The Labute approximate surface area is 279 Å². The molecule has 3 aromatic carbocycles. The van der Waals surface area contributed by atoms with Crippen molar-refractivity contribution in [2.45, 2.75) is 29.9 Å². The molecule has 0 saturated carbocycles. The summed E-state index contributed by atoms with van der Waals surface area (Å²) in [4.78, 5) is 36.0. The summed E-state index contributed by atoms with van der Waals surface area (Å²) >= 11 is 1.36. The van der Waals surface area contributed by atoms with Crippen molar-refractivity contribution in [1.29, 1.82) is 0 Å². The lowest BCUT2D eigenvalue weighted by molar-refractivity contribution is 0.0943. The number of aryl methyl sites for hydroxylation is 1. The van der Waals surface area contributed by atoms with Crippen molar-refractivity contribution < 1.29 is 23.5 Å². The van der Waals surface area contributed by atoms with Crippen molar-refractivity contribution >= 4 is 29.3 Å². The number of nitrogens with zero attached hydrogens (tertiary/aromatic N) is 5. The molecule has 2 amide bonds. The number of ether oxygens (including phenoxy) is 2. The van der Waals surface area contributed by atoms with Crippen molar-refractivity contribution in [3.05, 3.63) is 126 Å². The fraction of sp³-hybridized carbons (Fsp3) is 0.143. The number of carbonyl (C=O) groups is 2. The first-order valence-electron chi connectivity index (χ1n) is 15.1. The van der Waals surface area contributed by atoms with E-state index >= 15 is 0 Å². The Balaban J connectivity index is 1.00. The first kappa shape index (κ1) is 30.7. The smallest absolute Gasteiger partial charge is 0.255 e. The Kier molecular flexibility index (Phi) is 8.83. The lowest BCUT2D eigenvalue weighted by atomic mass is 10.0. The average molecular weight is 660 g/mol. The minimum absolute atomic E-state index is 0.108. The number of hydrogen-bond donors (Lipinski definition) is 2. The van der Waals surface area contributed by atoms with Crippen LogP contribution in [0.1, 0.15) is 37.7 Å². The number of nitrogens with one attached hydrogen (secondary N) is 2. The van der Waals surface area contributed by atoms with Crippen molar-refractivity contribution in [2.75, 3.05) is 18.5 Å². The Morgan fingerprint density at radius 2 is 1.75 bits per heavy atom. The van der Waals surface area contributed by atoms with Crippen LogP contribution in [0.3, 0.4) is 0 Å². The summed E-state index contributed by atoms with van der Waals surface area (Å²) in [6, 6.07) is 24.0. The van der Waals surface area contributed by atoms with Crippen LogP contribution in [0.4, 0.5) is 5.69 Å². The van der Waals surface area contributed by atoms with E-state index in [2.05, 4.69) is 30.9 Å². The van der Waals surface area contributed by atoms with Crippen LogP contribution >= 0.6 is 11.8 Å². The van der Waals surface area contributed by atoms with Gasteiger partial charge in [-0.05, 0) is 61.0 Å². The fourth-order valence-corrected chi connectivity index (χ4v) is 5.98. The van der Waals surface area contributed by atoms with Gasteiger partial charge in [0.2, 0.25) is 0 Å². The summed E-state index contributed by atoms with van der Waals surface area (Å²) in [6.45, 7) is 3.27. The molecule has 13 heteroatoms. The number of aromatic nitrogens is 5. The van der Waals surface area contributed by atoms with Gasteiger partial charge in [0.15, 0.2) is 17.9 Å². The van der Waals surface area contributed by atoms with Crippen molar-refractivity contribution in [1.82, 2.24) is 30.3 Å². The van der Waals surface area contributed by atoms with Gasteiger partial charge in [-0.1, -0.05) is 47.3 Å². The summed E-state index contributed by atoms with van der Waals surface area (Å²) in [7, 11) is 0. The van der Waals surface area contributed by atoms with E-state index in [-0.39, 0.29) is 24.9 Å². The number of rotatable bonds is 10. The third kappa shape index (κ3) is 6.90. The maximum atomic E-state index is 13.3. The molecule has 0 radical (unpaired) electrons. The number of oxazole rings is 1. The number of para-hydroxylation sites is 1. The van der Waals surface area contributed by atoms with Gasteiger partial charge in [0, 0.05) is 27.9 Å². The number of pyridine rings is 1. The van der Waals surface area contributed by atoms with Gasteiger partial charge in [-0.15, -0.1) is 5.10 Å². The van der Waals surface area contributed by atoms with Gasteiger partial charge in [-0.25, -0.2) is 14.6 Å². The van der Waals surface area contributed by atoms with E-state index in [4.69, 9.17) is 13.9 Å². The quantitative estimate of drug-likeness (QED) is 0.185. The highest BCUT2D eigenvalue weighted by Crippen LogP contribution is 2.37. The van der Waals surface area contributed by atoms with Crippen molar-refractivity contribution in [2.24, 2.45) is 0 Å². The van der Waals surface area contributed by atoms with Gasteiger partial charge in [0.1, 0.15) is 35.4 Å². The van der Waals surface area contributed by atoms with Crippen LogP contribution < -0.4 is 20.1 Å². The molecule has 7 rings (SSSR count). The minimum Gasteiger partial charge on any atom is -0.486 e. The predicted octanol–water partition coefficient (Wildman–Crippen LogP) is 5.79. The molecule has 4 heterocycles. The van der Waals surface area contributed by atoms with Crippen molar-refractivity contribution in [3.63, 3.8) is 0 Å². The summed E-state index contributed by atoms with van der Waals surface area (Å²) in [5.41, 5.74) is 4.47. The third-order valence-electron chi connectivity index (χ3n) is 7.54. The van der Waals surface area contributed by atoms with Gasteiger partial charge in [0.25, 0.3) is 11.8 Å². The SMILES string of the molecule is Cc1ccc(-c2cn(Cc3ncoc3CNC(=O)c3cccnc3Sc3ccc4c(c3)OCCO4)nn2)cc1C(=O)Nc1ccccc1. The third-order valence-corrected chi connectivity index (χ3v) is 8.55. The summed E-state index contributed by atoms with van der Waals surface area (Å²) in [5.74, 6) is 1.34. The van der Waals surface area contributed by atoms with Gasteiger partial charge < -0.3 is 24.5 Å². The van der Waals surface area contributed by atoms with E-state index in [1.54, 1.807) is 35.3 Å². The molecule has 3 aromatic heterocycles. The summed E-state index contributed by atoms with van der Waals surface area (Å²) < 4.78 is 18.6. The van der Waals surface area contributed by atoms with Crippen LogP contribution in [0.25, 0.3) is 11.3 Å². The molecule has 0 atom stereocenters. The molecule has 0 fully saturated rings. The van der Waals surface area contributed by atoms with E-state index < -0.39 is 0 Å². The van der Waals surface area contributed by atoms with Crippen molar-refractivity contribution in [3.8, 4) is 22.8 Å². The molecular weight excluding hydrogens is 630 g/mol. The summed E-state index contributed by atoms with van der Waals surface area (Å²) in [6.07, 6.45) is 4.76. The van der Waals surface area contributed by atoms with Gasteiger partial charge in [0.05, 0.1) is 24.8 Å². The Hall–Kier alpha value is -5.95. The molecule has 0 aliphatic carbocycles. The molecule has 1 aliphatic rings. The number of carbonyl (C=O) groups excluding carboxylic acids is 2. The highest BCUT2D eigenvalue weighted by Gasteiger charge is 2.19. The van der Waals surface area contributed by atoms with E-state index in [1.165, 1.54) is 18.2 Å². The molecular formula is C35H29N7O5S. The van der Waals surface area contributed by atoms with E-state index in [0.29, 0.717) is 63.7 Å². The number of benzene rings is 3. The summed E-state index contributed by atoms with van der Waals surface area (Å²) in [5, 5.41) is 15.0. The molecule has 2 N–H and O–H groups in total. The number of hydrogen-bond acceptors (Lipinski definition) is 10. The average Bonchev–Trinajstić information content (AvgIpc) is 3.77. The lowest BCUT2D eigenvalue weighted by Crippen LogP contribution is -2.24. The van der Waals surface area contributed by atoms with Gasteiger partial charge in [-0.3, -0.25) is 9.59 Å². The zero-order valence-corrected chi connectivity index (χ0v) is 26.6. The molecule has 0 saturated heterocycles. The van der Waals surface area contributed by atoms with E-state index in [0.717, 1.165) is 16.0 Å². The predicted molar refractivity (Wildman–Crippen MR) is 177 cm³/mol. The van der Waals surface area contributed by atoms with E-state index in [9.17, 15) is 9.59 Å². The molecule has 48 heavy (non-hydrogen) atoms. The van der Waals surface area contributed by atoms with Crippen LogP contribution in [-0.2, 0) is 13.1 Å². The Morgan fingerprint density at radius 1 is 0.896 bits per heavy atom. The van der Waals surface area contributed by atoms with E-state index in [1.807, 2.05) is 67.6 Å². The normalized spacial score (nSPS) is 12.0. The van der Waals surface area contributed by atoms with Crippen LogP contribution in [0.5, 0.6) is 11.5 Å². The number of amides is 2. The zero-order valence-electron chi connectivity index (χ0n) is 25.8. The standard InChI is InChI=1S/C35H29N7O5S/c1-22-9-10-23(16-27(22)34(44)39-24-6-3-2-4-7-24)28-19-42(41-40-28)20-29-32(47-21-38-29)18-37-33(43)26-8-5-13-36-35(26)48-25-11-12-30-31(17-25)46-15-14-45-30/h2-13,16-17,19,21H,14-15,18,20H2,1H3,(H,37,43)(H,39,44). The van der Waals surface area contributed by atoms with Gasteiger partial charge in [-0.2, -0.15) is 0 Å². The maximum Gasteiger partial charge on any atom is 0.255 e. The molecule has 0 bridgehead atoms. The fourth-order valence-electron chi connectivity index (χ4n) is 5.07. The molecule has 240 valence electrons. The van der Waals surface area contributed by atoms with Crippen LogP contribution in [0.2, 0.25) is 0 Å². The van der Waals surface area contributed by atoms with Gasteiger partial charge >= 0.3 is 0 Å². The molecule has 1 aliphatic heterocycles. The first-order valence-corrected chi connectivity index (χ1v) is 15.9. The second kappa shape index (κ2) is 13.8. The largest absolute Gasteiger partial charge is 0.486 e. The second-order valence-corrected chi connectivity index (χ2v) is 11.9. The number of fused-ring (bicyclic) bond motifs is 1. The Bertz CT molecular complexity index is 2100.